The van der Waals surface area contributed by atoms with Gasteiger partial charge in [0.2, 0.25) is 0 Å². The van der Waals surface area contributed by atoms with Crippen molar-refractivity contribution in [2.45, 2.75) is 43.7 Å². The summed E-state index contributed by atoms with van der Waals surface area (Å²) in [6.07, 6.45) is 7.46. The van der Waals surface area contributed by atoms with Gasteiger partial charge in [0.05, 0.1) is 71.8 Å². The van der Waals surface area contributed by atoms with Crippen LogP contribution in [-0.2, 0) is 23.7 Å². The summed E-state index contributed by atoms with van der Waals surface area (Å²) in [5.74, 6) is 0.863. The molecule has 1 aliphatic rings. The maximum absolute atomic E-state index is 12.7. The van der Waals surface area contributed by atoms with Crippen LogP contribution in [0.4, 0.5) is 24.7 Å². The van der Waals surface area contributed by atoms with Gasteiger partial charge in [0.15, 0.2) is 0 Å². The number of nitrogens with zero attached hydrogens (tertiary/aromatic N) is 2. The molecule has 1 amide bonds. The number of nitrogens with one attached hydrogen (secondary N) is 2. The Morgan fingerprint density at radius 2 is 1.43 bits per heavy atom. The SMILES string of the molecule is O=C(NCCOCCOCCOCCOCCOCCSC1CC/C=C/CCC1)c1cccc(-c2cc(Nc3ccc(OC(F)(F)F)cc3)ncn2)c1. The fourth-order valence-electron chi connectivity index (χ4n) is 5.18. The summed E-state index contributed by atoms with van der Waals surface area (Å²) in [5, 5.41) is 6.61. The number of aromatic nitrogens is 2. The first-order valence-electron chi connectivity index (χ1n) is 17.8. The molecule has 0 fully saturated rings. The number of allylic oxidation sites excluding steroid dienone is 2. The van der Waals surface area contributed by atoms with Crippen molar-refractivity contribution >= 4 is 29.2 Å². The summed E-state index contributed by atoms with van der Waals surface area (Å²) in [6.45, 7) is 5.29. The quantitative estimate of drug-likeness (QED) is 0.0711. The summed E-state index contributed by atoms with van der Waals surface area (Å²) < 4.78 is 69.0. The lowest BCUT2D eigenvalue weighted by molar-refractivity contribution is -0.274. The fourth-order valence-corrected chi connectivity index (χ4v) is 6.36. The first kappa shape index (κ1) is 42.0. The minimum absolute atomic E-state index is 0.262. The zero-order valence-electron chi connectivity index (χ0n) is 29.8. The summed E-state index contributed by atoms with van der Waals surface area (Å²) in [6, 6.07) is 13.9. The summed E-state index contributed by atoms with van der Waals surface area (Å²) in [4.78, 5) is 21.2. The Balaban J connectivity index is 0.974. The second-order valence-corrected chi connectivity index (χ2v) is 13.3. The van der Waals surface area contributed by atoms with Crippen LogP contribution in [0.15, 0.2) is 73.1 Å². The van der Waals surface area contributed by atoms with Gasteiger partial charge in [0.1, 0.15) is 17.9 Å². The molecule has 1 aromatic heterocycles. The molecule has 11 nitrogen and oxygen atoms in total. The Kier molecular flexibility index (Phi) is 19.5. The van der Waals surface area contributed by atoms with Gasteiger partial charge in [0.25, 0.3) is 5.91 Å². The molecule has 290 valence electrons. The van der Waals surface area contributed by atoms with Crippen molar-refractivity contribution in [3.8, 4) is 17.0 Å². The van der Waals surface area contributed by atoms with E-state index in [0.717, 1.165) is 17.6 Å². The minimum Gasteiger partial charge on any atom is -0.406 e. The average Bonchev–Trinajstić information content (AvgIpc) is 3.13. The molecule has 15 heteroatoms. The second kappa shape index (κ2) is 24.6. The van der Waals surface area contributed by atoms with Crippen LogP contribution in [0, 0.1) is 0 Å². The van der Waals surface area contributed by atoms with E-state index in [1.54, 1.807) is 24.3 Å². The van der Waals surface area contributed by atoms with Gasteiger partial charge in [-0.25, -0.2) is 9.97 Å². The van der Waals surface area contributed by atoms with Gasteiger partial charge in [-0.1, -0.05) is 24.3 Å². The Labute approximate surface area is 313 Å². The van der Waals surface area contributed by atoms with Crippen molar-refractivity contribution in [3.63, 3.8) is 0 Å². The third-order valence-corrected chi connectivity index (χ3v) is 9.11. The minimum atomic E-state index is -4.76. The van der Waals surface area contributed by atoms with Crippen molar-refractivity contribution in [1.29, 1.82) is 0 Å². The number of alkyl halides is 3. The van der Waals surface area contributed by atoms with E-state index in [1.807, 2.05) is 17.8 Å². The van der Waals surface area contributed by atoms with Crippen LogP contribution in [0.3, 0.4) is 0 Å². The third kappa shape index (κ3) is 18.2. The largest absolute Gasteiger partial charge is 0.573 e. The number of carbonyl (C=O) groups excluding carboxylic acids is 1. The standard InChI is InChI=1S/C38H49F3N4O7S/c39-38(40,41)52-33-13-11-32(12-14-33)45-36-28-35(43-29-44-36)30-7-6-8-31(27-30)37(46)42-15-16-47-17-18-48-19-20-49-21-22-50-23-24-51-25-26-53-34-9-4-2-1-3-5-10-34/h1-2,6-8,11-14,27-29,34H,3-5,9-10,15-26H2,(H,42,46)(H,43,44,45)/b2-1+. The number of rotatable bonds is 24. The number of hydrogen-bond acceptors (Lipinski definition) is 11. The Bertz CT molecular complexity index is 1500. The van der Waals surface area contributed by atoms with Crippen molar-refractivity contribution in [2.24, 2.45) is 0 Å². The first-order valence-corrected chi connectivity index (χ1v) is 18.9. The smallest absolute Gasteiger partial charge is 0.406 e. The van der Waals surface area contributed by atoms with Crippen molar-refractivity contribution < 1.29 is 46.4 Å². The highest BCUT2D eigenvalue weighted by Crippen LogP contribution is 2.27. The molecule has 0 saturated heterocycles. The molecule has 3 aromatic rings. The number of anilines is 2. The average molecular weight is 763 g/mol. The molecule has 53 heavy (non-hydrogen) atoms. The highest BCUT2D eigenvalue weighted by atomic mass is 32.2. The highest BCUT2D eigenvalue weighted by molar-refractivity contribution is 7.99. The molecule has 0 spiro atoms. The fraction of sp³-hybridized carbons (Fsp3) is 0.500. The topological polar surface area (TPSA) is 122 Å². The molecule has 2 N–H and O–H groups in total. The van der Waals surface area contributed by atoms with E-state index in [4.69, 9.17) is 23.7 Å². The molecule has 1 aliphatic carbocycles. The van der Waals surface area contributed by atoms with Crippen LogP contribution in [0.25, 0.3) is 11.3 Å². The molecule has 1 atom stereocenters. The molecule has 1 heterocycles. The van der Waals surface area contributed by atoms with Crippen molar-refractivity contribution in [3.05, 3.63) is 78.6 Å². The predicted octanol–water partition coefficient (Wildman–Crippen LogP) is 7.22. The number of halogens is 3. The van der Waals surface area contributed by atoms with Crippen LogP contribution in [0.5, 0.6) is 5.75 Å². The lowest BCUT2D eigenvalue weighted by Gasteiger charge is -2.17. The molecule has 0 aliphatic heterocycles. The lowest BCUT2D eigenvalue weighted by atomic mass is 10.1. The molecular formula is C38H49F3N4O7S. The third-order valence-electron chi connectivity index (χ3n) is 7.77. The highest BCUT2D eigenvalue weighted by Gasteiger charge is 2.31. The van der Waals surface area contributed by atoms with E-state index in [0.29, 0.717) is 94.3 Å². The van der Waals surface area contributed by atoms with Crippen LogP contribution >= 0.6 is 11.8 Å². The Morgan fingerprint density at radius 1 is 0.774 bits per heavy atom. The van der Waals surface area contributed by atoms with Crippen LogP contribution < -0.4 is 15.4 Å². The van der Waals surface area contributed by atoms with Crippen molar-refractivity contribution in [2.75, 3.05) is 83.7 Å². The zero-order valence-corrected chi connectivity index (χ0v) is 30.6. The van der Waals surface area contributed by atoms with Gasteiger partial charge in [-0.05, 0) is 68.5 Å². The first-order chi connectivity index (χ1) is 25.9. The van der Waals surface area contributed by atoms with E-state index in [2.05, 4.69) is 37.5 Å². The number of hydrogen-bond donors (Lipinski definition) is 2. The Morgan fingerprint density at radius 3 is 2.13 bits per heavy atom. The van der Waals surface area contributed by atoms with Gasteiger partial charge in [0, 0.05) is 40.4 Å². The molecule has 0 radical (unpaired) electrons. The summed E-state index contributed by atoms with van der Waals surface area (Å²) >= 11 is 2.03. The Hall–Kier alpha value is -3.73. The molecular weight excluding hydrogens is 714 g/mol. The molecule has 0 bridgehead atoms. The number of carbonyl (C=O) groups is 1. The number of thioether (sulfide) groups is 1. The van der Waals surface area contributed by atoms with E-state index < -0.39 is 6.36 Å². The van der Waals surface area contributed by atoms with E-state index >= 15 is 0 Å². The number of amides is 1. The molecule has 4 rings (SSSR count). The van der Waals surface area contributed by atoms with Gasteiger partial charge in [-0.3, -0.25) is 4.79 Å². The normalized spacial score (nSPS) is 15.3. The van der Waals surface area contributed by atoms with Gasteiger partial charge >= 0.3 is 6.36 Å². The van der Waals surface area contributed by atoms with E-state index in [1.165, 1.54) is 62.7 Å². The van der Waals surface area contributed by atoms with Gasteiger partial charge in [-0.2, -0.15) is 11.8 Å². The van der Waals surface area contributed by atoms with Gasteiger partial charge < -0.3 is 39.1 Å². The molecule has 1 unspecified atom stereocenters. The van der Waals surface area contributed by atoms with Crippen LogP contribution in [-0.4, -0.2) is 106 Å². The second-order valence-electron chi connectivity index (χ2n) is 11.9. The lowest BCUT2D eigenvalue weighted by Crippen LogP contribution is -2.27. The predicted molar refractivity (Wildman–Crippen MR) is 199 cm³/mol. The summed E-state index contributed by atoms with van der Waals surface area (Å²) in [5.41, 5.74) is 2.19. The van der Waals surface area contributed by atoms with Gasteiger partial charge in [-0.15, -0.1) is 13.2 Å². The summed E-state index contributed by atoms with van der Waals surface area (Å²) in [7, 11) is 0. The molecule has 0 saturated carbocycles. The van der Waals surface area contributed by atoms with Crippen LogP contribution in [0.1, 0.15) is 42.5 Å². The number of benzene rings is 2. The maximum atomic E-state index is 12.7. The van der Waals surface area contributed by atoms with Crippen molar-refractivity contribution in [1.82, 2.24) is 15.3 Å². The monoisotopic (exact) mass is 762 g/mol. The van der Waals surface area contributed by atoms with E-state index in [9.17, 15) is 18.0 Å². The van der Waals surface area contributed by atoms with Crippen LogP contribution in [0.2, 0.25) is 0 Å². The zero-order chi connectivity index (χ0) is 37.4. The molecule has 2 aromatic carbocycles. The maximum Gasteiger partial charge on any atom is 0.573 e. The van der Waals surface area contributed by atoms with E-state index in [-0.39, 0.29) is 11.7 Å². The number of ether oxygens (including phenoxy) is 6.